The van der Waals surface area contributed by atoms with E-state index in [1.165, 1.54) is 0 Å². The van der Waals surface area contributed by atoms with Crippen molar-refractivity contribution in [3.63, 3.8) is 0 Å². The van der Waals surface area contributed by atoms with E-state index in [9.17, 15) is 10.1 Å². The Bertz CT molecular complexity index is 424. The van der Waals surface area contributed by atoms with E-state index in [0.29, 0.717) is 18.8 Å². The van der Waals surface area contributed by atoms with Gasteiger partial charge in [-0.15, -0.1) is 0 Å². The lowest BCUT2D eigenvalue weighted by atomic mass is 10.1. The average Bonchev–Trinajstić information content (AvgIpc) is 2.44. The molecule has 0 heterocycles. The van der Waals surface area contributed by atoms with E-state index in [0.717, 1.165) is 31.4 Å². The second kappa shape index (κ2) is 9.28. The number of hydrogen-bond donors (Lipinski definition) is 3. The molecule has 0 saturated carbocycles. The first kappa shape index (κ1) is 16.4. The maximum atomic E-state index is 11.1. The summed E-state index contributed by atoms with van der Waals surface area (Å²) in [5.41, 5.74) is 1.51. The number of nitrogens with one attached hydrogen (secondary N) is 2. The number of aliphatic hydroxyl groups is 1. The van der Waals surface area contributed by atoms with E-state index in [2.05, 4.69) is 17.6 Å². The quantitative estimate of drug-likeness (QED) is 0.348. The Morgan fingerprint density at radius 3 is 2.75 bits per heavy atom. The van der Waals surface area contributed by atoms with Crippen LogP contribution in [0.3, 0.4) is 0 Å². The zero-order valence-electron chi connectivity index (χ0n) is 11.9. The van der Waals surface area contributed by atoms with E-state index < -0.39 is 0 Å². The van der Waals surface area contributed by atoms with Gasteiger partial charge in [0.25, 0.3) is 5.69 Å². The van der Waals surface area contributed by atoms with Crippen molar-refractivity contribution in [1.82, 2.24) is 5.32 Å². The molecule has 0 bridgehead atoms. The standard InChI is InChI=1S/C14H23N3O3/c1-2-3-4-7-16-13-6-5-12(11-15-8-9-18)10-14(13)17(19)20/h5-6,10,15-16,18H,2-4,7-9,11H2,1H3. The molecular formula is C14H23N3O3. The lowest BCUT2D eigenvalue weighted by molar-refractivity contribution is -0.384. The van der Waals surface area contributed by atoms with Gasteiger partial charge in [-0.05, 0) is 18.1 Å². The van der Waals surface area contributed by atoms with Crippen LogP contribution in [0.2, 0.25) is 0 Å². The summed E-state index contributed by atoms with van der Waals surface area (Å²) in [6.45, 7) is 3.91. The molecule has 1 rings (SSSR count). The van der Waals surface area contributed by atoms with Gasteiger partial charge in [0.05, 0.1) is 11.5 Å². The number of benzene rings is 1. The summed E-state index contributed by atoms with van der Waals surface area (Å²) in [5.74, 6) is 0. The van der Waals surface area contributed by atoms with Gasteiger partial charge in [-0.3, -0.25) is 10.1 Å². The summed E-state index contributed by atoms with van der Waals surface area (Å²) >= 11 is 0. The van der Waals surface area contributed by atoms with Gasteiger partial charge in [-0.25, -0.2) is 0 Å². The number of anilines is 1. The third-order valence-electron chi connectivity index (χ3n) is 2.97. The van der Waals surface area contributed by atoms with Crippen LogP contribution in [0.4, 0.5) is 11.4 Å². The highest BCUT2D eigenvalue weighted by Crippen LogP contribution is 2.25. The molecule has 0 unspecified atom stereocenters. The molecule has 3 N–H and O–H groups in total. The van der Waals surface area contributed by atoms with Crippen LogP contribution < -0.4 is 10.6 Å². The topological polar surface area (TPSA) is 87.4 Å². The third-order valence-corrected chi connectivity index (χ3v) is 2.97. The maximum Gasteiger partial charge on any atom is 0.292 e. The van der Waals surface area contributed by atoms with Crippen molar-refractivity contribution < 1.29 is 10.0 Å². The van der Waals surface area contributed by atoms with Crippen molar-refractivity contribution in [2.45, 2.75) is 32.7 Å². The fourth-order valence-electron chi connectivity index (χ4n) is 1.90. The van der Waals surface area contributed by atoms with Gasteiger partial charge in [0.15, 0.2) is 0 Å². The van der Waals surface area contributed by atoms with Gasteiger partial charge in [0.1, 0.15) is 5.69 Å². The molecular weight excluding hydrogens is 258 g/mol. The molecule has 0 aliphatic heterocycles. The minimum absolute atomic E-state index is 0.0547. The highest BCUT2D eigenvalue weighted by molar-refractivity contribution is 5.62. The molecule has 0 fully saturated rings. The van der Waals surface area contributed by atoms with E-state index in [-0.39, 0.29) is 17.2 Å². The Morgan fingerprint density at radius 2 is 2.10 bits per heavy atom. The lowest BCUT2D eigenvalue weighted by Gasteiger charge is -2.09. The molecule has 0 amide bonds. The SMILES string of the molecule is CCCCCNc1ccc(CNCCO)cc1[N+](=O)[O-]. The monoisotopic (exact) mass is 281 g/mol. The van der Waals surface area contributed by atoms with Crippen LogP contribution in [0, 0.1) is 10.1 Å². The summed E-state index contributed by atoms with van der Waals surface area (Å²) in [7, 11) is 0. The molecule has 0 spiro atoms. The zero-order chi connectivity index (χ0) is 14.8. The van der Waals surface area contributed by atoms with Gasteiger partial charge >= 0.3 is 0 Å². The number of rotatable bonds is 10. The molecule has 0 radical (unpaired) electrons. The summed E-state index contributed by atoms with van der Waals surface area (Å²) < 4.78 is 0. The van der Waals surface area contributed by atoms with E-state index in [4.69, 9.17) is 5.11 Å². The number of aliphatic hydroxyl groups excluding tert-OH is 1. The minimum Gasteiger partial charge on any atom is -0.395 e. The van der Waals surface area contributed by atoms with Crippen LogP contribution >= 0.6 is 0 Å². The Labute approximate surface area is 119 Å². The van der Waals surface area contributed by atoms with Crippen LogP contribution in [0.5, 0.6) is 0 Å². The molecule has 6 nitrogen and oxygen atoms in total. The number of nitro benzene ring substituents is 1. The number of nitrogens with zero attached hydrogens (tertiary/aromatic N) is 1. The van der Waals surface area contributed by atoms with E-state index >= 15 is 0 Å². The Kier molecular flexibility index (Phi) is 7.60. The second-order valence-corrected chi connectivity index (χ2v) is 4.64. The molecule has 0 aliphatic carbocycles. The van der Waals surface area contributed by atoms with E-state index in [1.807, 2.05) is 6.07 Å². The van der Waals surface area contributed by atoms with Crippen molar-refractivity contribution in [1.29, 1.82) is 0 Å². The zero-order valence-corrected chi connectivity index (χ0v) is 11.9. The predicted molar refractivity (Wildman–Crippen MR) is 79.9 cm³/mol. The summed E-state index contributed by atoms with van der Waals surface area (Å²) in [6.07, 6.45) is 3.25. The molecule has 0 aliphatic rings. The highest BCUT2D eigenvalue weighted by Gasteiger charge is 2.13. The molecule has 1 aromatic carbocycles. The van der Waals surface area contributed by atoms with Crippen LogP contribution in [0.15, 0.2) is 18.2 Å². The largest absolute Gasteiger partial charge is 0.395 e. The average molecular weight is 281 g/mol. The van der Waals surface area contributed by atoms with Gasteiger partial charge in [0, 0.05) is 25.7 Å². The van der Waals surface area contributed by atoms with E-state index in [1.54, 1.807) is 12.1 Å². The summed E-state index contributed by atoms with van der Waals surface area (Å²) in [6, 6.07) is 5.19. The highest BCUT2D eigenvalue weighted by atomic mass is 16.6. The van der Waals surface area contributed by atoms with Gasteiger partial charge in [0.2, 0.25) is 0 Å². The van der Waals surface area contributed by atoms with Crippen molar-refractivity contribution >= 4 is 11.4 Å². The first-order chi connectivity index (χ1) is 9.69. The van der Waals surface area contributed by atoms with Gasteiger partial charge < -0.3 is 15.7 Å². The molecule has 1 aromatic rings. The molecule has 20 heavy (non-hydrogen) atoms. The van der Waals surface area contributed by atoms with Crippen molar-refractivity contribution in [3.8, 4) is 0 Å². The van der Waals surface area contributed by atoms with Gasteiger partial charge in [-0.2, -0.15) is 0 Å². The number of nitro groups is 1. The van der Waals surface area contributed by atoms with Crippen molar-refractivity contribution in [2.24, 2.45) is 0 Å². The summed E-state index contributed by atoms with van der Waals surface area (Å²) in [5, 5.41) is 25.9. The van der Waals surface area contributed by atoms with Crippen LogP contribution in [0.1, 0.15) is 31.7 Å². The predicted octanol–water partition coefficient (Wildman–Crippen LogP) is 2.28. The molecule has 0 aromatic heterocycles. The van der Waals surface area contributed by atoms with Crippen LogP contribution in [0.25, 0.3) is 0 Å². The minimum atomic E-state index is -0.363. The Balaban J connectivity index is 2.67. The second-order valence-electron chi connectivity index (χ2n) is 4.64. The molecule has 6 heteroatoms. The third kappa shape index (κ3) is 5.54. The Hall–Kier alpha value is -1.66. The molecule has 0 saturated heterocycles. The molecule has 0 atom stereocenters. The van der Waals surface area contributed by atoms with Crippen LogP contribution in [-0.2, 0) is 6.54 Å². The first-order valence-electron chi connectivity index (χ1n) is 7.01. The fourth-order valence-corrected chi connectivity index (χ4v) is 1.90. The fraction of sp³-hybridized carbons (Fsp3) is 0.571. The number of unbranched alkanes of at least 4 members (excludes halogenated alkanes) is 2. The molecule has 112 valence electrons. The summed E-state index contributed by atoms with van der Waals surface area (Å²) in [4.78, 5) is 10.7. The maximum absolute atomic E-state index is 11.1. The smallest absolute Gasteiger partial charge is 0.292 e. The normalized spacial score (nSPS) is 10.5. The first-order valence-corrected chi connectivity index (χ1v) is 7.01. The van der Waals surface area contributed by atoms with Gasteiger partial charge in [-0.1, -0.05) is 25.8 Å². The van der Waals surface area contributed by atoms with Crippen molar-refractivity contribution in [2.75, 3.05) is 25.0 Å². The lowest BCUT2D eigenvalue weighted by Crippen LogP contribution is -2.17. The van der Waals surface area contributed by atoms with Crippen molar-refractivity contribution in [3.05, 3.63) is 33.9 Å². The Morgan fingerprint density at radius 1 is 1.30 bits per heavy atom. The number of hydrogen-bond acceptors (Lipinski definition) is 5. The van der Waals surface area contributed by atoms with Crippen LogP contribution in [-0.4, -0.2) is 29.7 Å².